The van der Waals surface area contributed by atoms with Gasteiger partial charge in [-0.25, -0.2) is 8.78 Å². The average molecular weight is 238 g/mol. The number of rotatable bonds is 3. The Kier molecular flexibility index (Phi) is 2.82. The van der Waals surface area contributed by atoms with Gasteiger partial charge < -0.3 is 5.73 Å². The number of halogens is 2. The molecule has 1 heterocycles. The SMILES string of the molecule is NC(=O)c1n[nH]nc1Cc1c(F)cccc1F. The smallest absolute Gasteiger partial charge is 0.271 e. The molecule has 0 aliphatic carbocycles. The van der Waals surface area contributed by atoms with Crippen molar-refractivity contribution in [3.63, 3.8) is 0 Å². The van der Waals surface area contributed by atoms with Crippen LogP contribution >= 0.6 is 0 Å². The molecule has 17 heavy (non-hydrogen) atoms. The highest BCUT2D eigenvalue weighted by Crippen LogP contribution is 2.16. The second-order valence-electron chi connectivity index (χ2n) is 3.36. The van der Waals surface area contributed by atoms with Gasteiger partial charge in [-0.15, -0.1) is 0 Å². The minimum Gasteiger partial charge on any atom is -0.364 e. The monoisotopic (exact) mass is 238 g/mol. The summed E-state index contributed by atoms with van der Waals surface area (Å²) in [6, 6.07) is 3.51. The summed E-state index contributed by atoms with van der Waals surface area (Å²) in [6.07, 6.45) is -0.187. The Morgan fingerprint density at radius 2 is 1.94 bits per heavy atom. The summed E-state index contributed by atoms with van der Waals surface area (Å²) in [7, 11) is 0. The number of primary amides is 1. The van der Waals surface area contributed by atoms with Gasteiger partial charge in [0, 0.05) is 12.0 Å². The molecular formula is C10H8F2N4O. The predicted molar refractivity (Wildman–Crippen MR) is 54.1 cm³/mol. The Balaban J connectivity index is 2.38. The third-order valence-corrected chi connectivity index (χ3v) is 2.26. The topological polar surface area (TPSA) is 84.7 Å². The third kappa shape index (κ3) is 2.12. The fourth-order valence-electron chi connectivity index (χ4n) is 1.44. The van der Waals surface area contributed by atoms with E-state index in [-0.39, 0.29) is 23.4 Å². The summed E-state index contributed by atoms with van der Waals surface area (Å²) < 4.78 is 26.7. The molecule has 0 unspecified atom stereocenters. The van der Waals surface area contributed by atoms with Crippen LogP contribution < -0.4 is 5.73 Å². The summed E-state index contributed by atoms with van der Waals surface area (Å²) in [5, 5.41) is 9.35. The molecule has 1 amide bonds. The number of hydrogen-bond acceptors (Lipinski definition) is 3. The largest absolute Gasteiger partial charge is 0.364 e. The molecule has 2 rings (SSSR count). The van der Waals surface area contributed by atoms with E-state index in [0.29, 0.717) is 0 Å². The van der Waals surface area contributed by atoms with Gasteiger partial charge >= 0.3 is 0 Å². The van der Waals surface area contributed by atoms with Crippen LogP contribution in [0.3, 0.4) is 0 Å². The van der Waals surface area contributed by atoms with Crippen molar-refractivity contribution >= 4 is 5.91 Å². The molecular weight excluding hydrogens is 230 g/mol. The molecule has 3 N–H and O–H groups in total. The van der Waals surface area contributed by atoms with Crippen LogP contribution in [0.15, 0.2) is 18.2 Å². The number of aromatic amines is 1. The Labute approximate surface area is 94.6 Å². The van der Waals surface area contributed by atoms with Gasteiger partial charge in [0.15, 0.2) is 5.69 Å². The molecule has 0 atom stereocenters. The molecule has 0 aliphatic rings. The Morgan fingerprint density at radius 1 is 1.29 bits per heavy atom. The molecule has 2 aromatic rings. The van der Waals surface area contributed by atoms with E-state index in [2.05, 4.69) is 15.4 Å². The van der Waals surface area contributed by atoms with E-state index in [4.69, 9.17) is 5.73 Å². The molecule has 5 nitrogen and oxygen atoms in total. The average Bonchev–Trinajstić information content (AvgIpc) is 2.72. The standard InChI is InChI=1S/C10H8F2N4O/c11-6-2-1-3-7(12)5(6)4-8-9(10(13)17)15-16-14-8/h1-3H,4H2,(H2,13,17)(H,14,15,16). The minimum absolute atomic E-state index is 0.113. The molecule has 88 valence electrons. The van der Waals surface area contributed by atoms with Gasteiger partial charge in [0.2, 0.25) is 0 Å². The van der Waals surface area contributed by atoms with E-state index in [1.54, 1.807) is 0 Å². The van der Waals surface area contributed by atoms with Gasteiger partial charge in [0.25, 0.3) is 5.91 Å². The van der Waals surface area contributed by atoms with Crippen molar-refractivity contribution in [1.29, 1.82) is 0 Å². The first-order valence-electron chi connectivity index (χ1n) is 4.72. The second kappa shape index (κ2) is 4.28. The molecule has 1 aromatic carbocycles. The first-order valence-corrected chi connectivity index (χ1v) is 4.72. The van der Waals surface area contributed by atoms with Crippen LogP contribution in [0.4, 0.5) is 8.78 Å². The number of amides is 1. The lowest BCUT2D eigenvalue weighted by molar-refractivity contribution is 0.0994. The molecule has 1 aromatic heterocycles. The number of nitrogens with two attached hydrogens (primary N) is 1. The molecule has 0 fully saturated rings. The van der Waals surface area contributed by atoms with Crippen molar-refractivity contribution in [3.05, 3.63) is 46.8 Å². The quantitative estimate of drug-likeness (QED) is 0.828. The van der Waals surface area contributed by atoms with Crippen LogP contribution in [0, 0.1) is 11.6 Å². The van der Waals surface area contributed by atoms with Gasteiger partial charge in [-0.1, -0.05) is 6.07 Å². The first kappa shape index (κ1) is 11.2. The van der Waals surface area contributed by atoms with Gasteiger partial charge in [-0.05, 0) is 12.1 Å². The number of H-pyrrole nitrogens is 1. The number of benzene rings is 1. The van der Waals surface area contributed by atoms with Crippen LogP contribution in [-0.4, -0.2) is 21.3 Å². The summed E-state index contributed by atoms with van der Waals surface area (Å²) in [6.45, 7) is 0. The number of carbonyl (C=O) groups excluding carboxylic acids is 1. The maximum Gasteiger partial charge on any atom is 0.271 e. The van der Waals surface area contributed by atoms with Crippen molar-refractivity contribution in [2.24, 2.45) is 5.73 Å². The Bertz CT molecular complexity index is 547. The summed E-state index contributed by atoms with van der Waals surface area (Å²) in [5.41, 5.74) is 4.86. The van der Waals surface area contributed by atoms with Crippen molar-refractivity contribution in [3.8, 4) is 0 Å². The highest BCUT2D eigenvalue weighted by atomic mass is 19.1. The van der Waals surface area contributed by atoms with Gasteiger partial charge in [-0.2, -0.15) is 15.4 Å². The Morgan fingerprint density at radius 3 is 2.53 bits per heavy atom. The van der Waals surface area contributed by atoms with E-state index in [1.165, 1.54) is 6.07 Å². The third-order valence-electron chi connectivity index (χ3n) is 2.26. The number of carbonyl (C=O) groups is 1. The first-order chi connectivity index (χ1) is 8.09. The number of nitrogens with zero attached hydrogens (tertiary/aromatic N) is 2. The molecule has 0 saturated carbocycles. The summed E-state index contributed by atoms with van der Waals surface area (Å²) >= 11 is 0. The maximum absolute atomic E-state index is 13.4. The number of aromatic nitrogens is 3. The number of nitrogens with one attached hydrogen (secondary N) is 1. The normalized spacial score (nSPS) is 10.5. The van der Waals surface area contributed by atoms with Crippen molar-refractivity contribution < 1.29 is 13.6 Å². The van der Waals surface area contributed by atoms with Crippen molar-refractivity contribution in [2.75, 3.05) is 0 Å². The van der Waals surface area contributed by atoms with Crippen molar-refractivity contribution in [1.82, 2.24) is 15.4 Å². The van der Waals surface area contributed by atoms with E-state index >= 15 is 0 Å². The maximum atomic E-state index is 13.4. The van der Waals surface area contributed by atoms with E-state index in [0.717, 1.165) is 12.1 Å². The zero-order valence-electron chi connectivity index (χ0n) is 8.58. The van der Waals surface area contributed by atoms with E-state index < -0.39 is 17.5 Å². The fourth-order valence-corrected chi connectivity index (χ4v) is 1.44. The minimum atomic E-state index is -0.800. The molecule has 0 saturated heterocycles. The Hall–Kier alpha value is -2.31. The highest BCUT2D eigenvalue weighted by molar-refractivity contribution is 5.91. The van der Waals surface area contributed by atoms with Crippen LogP contribution in [-0.2, 0) is 6.42 Å². The van der Waals surface area contributed by atoms with Crippen molar-refractivity contribution in [2.45, 2.75) is 6.42 Å². The second-order valence-corrected chi connectivity index (χ2v) is 3.36. The lowest BCUT2D eigenvalue weighted by Crippen LogP contribution is -2.14. The summed E-state index contributed by atoms with van der Waals surface area (Å²) in [4.78, 5) is 11.0. The molecule has 0 bridgehead atoms. The predicted octanol–water partition coefficient (Wildman–Crippen LogP) is 0.773. The fraction of sp³-hybridized carbons (Fsp3) is 0.100. The van der Waals surface area contributed by atoms with Crippen LogP contribution in [0.25, 0.3) is 0 Å². The molecule has 0 spiro atoms. The molecule has 0 radical (unpaired) electrons. The van der Waals surface area contributed by atoms with Crippen LogP contribution in [0.5, 0.6) is 0 Å². The molecule has 7 heteroatoms. The van der Waals surface area contributed by atoms with Crippen LogP contribution in [0.1, 0.15) is 21.7 Å². The van der Waals surface area contributed by atoms with Crippen LogP contribution in [0.2, 0.25) is 0 Å². The zero-order valence-corrected chi connectivity index (χ0v) is 8.58. The van der Waals surface area contributed by atoms with Gasteiger partial charge in [-0.3, -0.25) is 4.79 Å². The van der Waals surface area contributed by atoms with E-state index in [9.17, 15) is 13.6 Å². The molecule has 0 aliphatic heterocycles. The van der Waals surface area contributed by atoms with Gasteiger partial charge in [0.1, 0.15) is 17.3 Å². The lowest BCUT2D eigenvalue weighted by atomic mass is 10.1. The summed E-state index contributed by atoms with van der Waals surface area (Å²) in [5.74, 6) is -2.21. The number of hydrogen-bond donors (Lipinski definition) is 2. The lowest BCUT2D eigenvalue weighted by Gasteiger charge is -2.02. The highest BCUT2D eigenvalue weighted by Gasteiger charge is 2.17. The van der Waals surface area contributed by atoms with Gasteiger partial charge in [0.05, 0.1) is 0 Å². The van der Waals surface area contributed by atoms with E-state index in [1.807, 2.05) is 0 Å². The zero-order chi connectivity index (χ0) is 12.4.